The summed E-state index contributed by atoms with van der Waals surface area (Å²) in [5.74, 6) is -0.496. The third kappa shape index (κ3) is 3.96. The Bertz CT molecular complexity index is 557. The van der Waals surface area contributed by atoms with Gasteiger partial charge in [0.25, 0.3) is 0 Å². The van der Waals surface area contributed by atoms with E-state index in [9.17, 15) is 0 Å². The number of aryl methyl sites for hydroxylation is 2. The minimum Gasteiger partial charge on any atom is -0.348 e. The van der Waals surface area contributed by atoms with Crippen molar-refractivity contribution in [3.05, 3.63) is 54.1 Å². The average Bonchev–Trinajstić information content (AvgIpc) is 3.03. The van der Waals surface area contributed by atoms with Gasteiger partial charge in [-0.3, -0.25) is 0 Å². The number of imidazole rings is 1. The summed E-state index contributed by atoms with van der Waals surface area (Å²) in [7, 11) is 0. The van der Waals surface area contributed by atoms with Gasteiger partial charge in [-0.15, -0.1) is 0 Å². The summed E-state index contributed by atoms with van der Waals surface area (Å²) >= 11 is 0. The van der Waals surface area contributed by atoms with Crippen molar-refractivity contribution in [2.45, 2.75) is 44.9 Å². The van der Waals surface area contributed by atoms with E-state index in [4.69, 9.17) is 9.47 Å². The summed E-state index contributed by atoms with van der Waals surface area (Å²) in [6, 6.07) is 8.76. The maximum absolute atomic E-state index is 6.03. The van der Waals surface area contributed by atoms with E-state index in [1.807, 2.05) is 17.1 Å². The molecule has 2 aromatic rings. The zero-order chi connectivity index (χ0) is 15.3. The highest BCUT2D eigenvalue weighted by atomic mass is 16.7. The zero-order valence-corrected chi connectivity index (χ0v) is 13.2. The van der Waals surface area contributed by atoms with E-state index in [-0.39, 0.29) is 0 Å². The molecule has 0 bridgehead atoms. The summed E-state index contributed by atoms with van der Waals surface area (Å²) in [5.41, 5.74) is 2.68. The van der Waals surface area contributed by atoms with Gasteiger partial charge in [-0.2, -0.15) is 0 Å². The van der Waals surface area contributed by atoms with Crippen LogP contribution in [0.15, 0.2) is 43.0 Å². The predicted octanol–water partition coefficient (Wildman–Crippen LogP) is 3.35. The van der Waals surface area contributed by atoms with Crippen molar-refractivity contribution in [2.75, 3.05) is 13.2 Å². The minimum atomic E-state index is -0.496. The molecule has 0 unspecified atom stereocenters. The van der Waals surface area contributed by atoms with Crippen LogP contribution in [0.25, 0.3) is 0 Å². The second-order valence-electron chi connectivity index (χ2n) is 6.04. The molecule has 0 spiro atoms. The molecule has 1 aromatic heterocycles. The highest BCUT2D eigenvalue weighted by Gasteiger charge is 2.34. The molecule has 0 amide bonds. The molecule has 1 fully saturated rings. The van der Waals surface area contributed by atoms with Crippen LogP contribution in [0.2, 0.25) is 0 Å². The van der Waals surface area contributed by atoms with Crippen LogP contribution in [-0.4, -0.2) is 28.6 Å². The van der Waals surface area contributed by atoms with E-state index in [1.165, 1.54) is 11.1 Å². The van der Waals surface area contributed by atoms with Gasteiger partial charge in [0.15, 0.2) is 5.79 Å². The number of nitrogens with zero attached hydrogens (tertiary/aromatic N) is 2. The molecule has 118 valence electrons. The topological polar surface area (TPSA) is 36.3 Å². The Morgan fingerprint density at radius 2 is 1.95 bits per heavy atom. The molecule has 1 aliphatic heterocycles. The normalized spacial score (nSPS) is 17.5. The molecule has 0 aliphatic carbocycles. The van der Waals surface area contributed by atoms with Gasteiger partial charge < -0.3 is 14.0 Å². The fourth-order valence-corrected chi connectivity index (χ4v) is 2.91. The van der Waals surface area contributed by atoms with Crippen molar-refractivity contribution in [3.8, 4) is 0 Å². The van der Waals surface area contributed by atoms with Crippen molar-refractivity contribution in [1.29, 1.82) is 0 Å². The predicted molar refractivity (Wildman–Crippen MR) is 85.6 cm³/mol. The van der Waals surface area contributed by atoms with Crippen molar-refractivity contribution in [3.63, 3.8) is 0 Å². The van der Waals surface area contributed by atoms with Gasteiger partial charge in [-0.05, 0) is 31.7 Å². The van der Waals surface area contributed by atoms with Gasteiger partial charge in [0.2, 0.25) is 0 Å². The van der Waals surface area contributed by atoms with Crippen molar-refractivity contribution >= 4 is 0 Å². The summed E-state index contributed by atoms with van der Waals surface area (Å²) in [6.07, 6.45) is 9.56. The van der Waals surface area contributed by atoms with Crippen LogP contribution in [0, 0.1) is 6.92 Å². The number of rotatable bonds is 6. The van der Waals surface area contributed by atoms with Crippen molar-refractivity contribution in [2.24, 2.45) is 0 Å². The molecule has 0 radical (unpaired) electrons. The molecule has 1 aliphatic rings. The molecule has 0 saturated carbocycles. The number of hydrogen-bond acceptors (Lipinski definition) is 3. The number of ether oxygens (including phenoxy) is 2. The van der Waals surface area contributed by atoms with Crippen LogP contribution in [0.1, 0.15) is 30.4 Å². The third-order valence-electron chi connectivity index (χ3n) is 4.15. The summed E-state index contributed by atoms with van der Waals surface area (Å²) in [6.45, 7) is 4.38. The first-order chi connectivity index (χ1) is 10.8. The van der Waals surface area contributed by atoms with Crippen LogP contribution in [-0.2, 0) is 22.4 Å². The maximum atomic E-state index is 6.03. The molecular weight excluding hydrogens is 276 g/mol. The standard InChI is InChI=1S/C18H24N2O2/c1-16-5-7-17(8-6-16)4-2-9-18(21-12-3-13-22-18)14-20-11-10-19-15-20/h5-8,10-11,15H,2-4,9,12-14H2,1H3. The first-order valence-corrected chi connectivity index (χ1v) is 8.05. The number of benzene rings is 1. The van der Waals surface area contributed by atoms with Gasteiger partial charge in [0.1, 0.15) is 0 Å². The molecule has 4 nitrogen and oxygen atoms in total. The Balaban J connectivity index is 1.59. The molecule has 22 heavy (non-hydrogen) atoms. The Hall–Kier alpha value is -1.65. The lowest BCUT2D eigenvalue weighted by molar-refractivity contribution is -0.277. The van der Waals surface area contributed by atoms with Crippen molar-refractivity contribution in [1.82, 2.24) is 9.55 Å². The zero-order valence-electron chi connectivity index (χ0n) is 13.2. The first-order valence-electron chi connectivity index (χ1n) is 8.05. The monoisotopic (exact) mass is 300 g/mol. The summed E-state index contributed by atoms with van der Waals surface area (Å²) in [5, 5.41) is 0. The van der Waals surface area contributed by atoms with Crippen LogP contribution >= 0.6 is 0 Å². The summed E-state index contributed by atoms with van der Waals surface area (Å²) < 4.78 is 14.1. The Labute approximate surface area is 132 Å². The Morgan fingerprint density at radius 1 is 1.18 bits per heavy atom. The van der Waals surface area contributed by atoms with Crippen LogP contribution in [0.5, 0.6) is 0 Å². The highest BCUT2D eigenvalue weighted by Crippen LogP contribution is 2.27. The average molecular weight is 300 g/mol. The van der Waals surface area contributed by atoms with Crippen LogP contribution in [0.3, 0.4) is 0 Å². The second kappa shape index (κ2) is 7.07. The molecule has 4 heteroatoms. The fraction of sp³-hybridized carbons (Fsp3) is 0.500. The van der Waals surface area contributed by atoms with E-state index in [1.54, 1.807) is 6.20 Å². The Morgan fingerprint density at radius 3 is 2.64 bits per heavy atom. The van der Waals surface area contributed by atoms with Gasteiger partial charge in [0, 0.05) is 18.8 Å². The van der Waals surface area contributed by atoms with Crippen LogP contribution < -0.4 is 0 Å². The summed E-state index contributed by atoms with van der Waals surface area (Å²) in [4.78, 5) is 4.11. The largest absolute Gasteiger partial charge is 0.348 e. The van der Waals surface area contributed by atoms with E-state index in [0.717, 1.165) is 38.9 Å². The molecule has 2 heterocycles. The van der Waals surface area contributed by atoms with E-state index < -0.39 is 5.79 Å². The molecular formula is C18H24N2O2. The van der Waals surface area contributed by atoms with Crippen molar-refractivity contribution < 1.29 is 9.47 Å². The van der Waals surface area contributed by atoms with Gasteiger partial charge in [-0.25, -0.2) is 4.98 Å². The molecule has 1 saturated heterocycles. The Kier molecular flexibility index (Phi) is 4.90. The van der Waals surface area contributed by atoms with Gasteiger partial charge in [-0.1, -0.05) is 29.8 Å². The van der Waals surface area contributed by atoms with Gasteiger partial charge >= 0.3 is 0 Å². The minimum absolute atomic E-state index is 0.496. The SMILES string of the molecule is Cc1ccc(CCCC2(Cn3ccnc3)OCCCO2)cc1. The maximum Gasteiger partial charge on any atom is 0.186 e. The number of aromatic nitrogens is 2. The fourth-order valence-electron chi connectivity index (χ4n) is 2.91. The first kappa shape index (κ1) is 15.3. The quantitative estimate of drug-likeness (QED) is 0.821. The lowest BCUT2D eigenvalue weighted by Crippen LogP contribution is -2.44. The second-order valence-corrected chi connectivity index (χ2v) is 6.04. The van der Waals surface area contributed by atoms with Crippen LogP contribution in [0.4, 0.5) is 0 Å². The smallest absolute Gasteiger partial charge is 0.186 e. The lowest BCUT2D eigenvalue weighted by Gasteiger charge is -2.37. The van der Waals surface area contributed by atoms with E-state index in [2.05, 4.69) is 36.2 Å². The molecule has 0 N–H and O–H groups in total. The highest BCUT2D eigenvalue weighted by molar-refractivity contribution is 5.21. The molecule has 1 aromatic carbocycles. The van der Waals surface area contributed by atoms with Gasteiger partial charge in [0.05, 0.1) is 26.1 Å². The molecule has 0 atom stereocenters. The molecule has 3 rings (SSSR count). The third-order valence-corrected chi connectivity index (χ3v) is 4.15. The lowest BCUT2D eigenvalue weighted by atomic mass is 10.0. The van der Waals surface area contributed by atoms with E-state index >= 15 is 0 Å². The number of hydrogen-bond donors (Lipinski definition) is 0. The van der Waals surface area contributed by atoms with E-state index in [0.29, 0.717) is 6.54 Å².